The van der Waals surface area contributed by atoms with Crippen molar-refractivity contribution in [3.8, 4) is 0 Å². The maximum atomic E-state index is 11.6. The van der Waals surface area contributed by atoms with Crippen LogP contribution in [0.2, 0.25) is 0 Å². The van der Waals surface area contributed by atoms with Gasteiger partial charge < -0.3 is 15.7 Å². The summed E-state index contributed by atoms with van der Waals surface area (Å²) >= 11 is 3.22. The molecule has 8 nitrogen and oxygen atoms in total. The first-order chi connectivity index (χ1) is 9.81. The molecule has 0 saturated carbocycles. The lowest BCUT2D eigenvalue weighted by molar-refractivity contribution is -0.385. The number of nitro groups is 1. The average Bonchev–Trinajstić information content (AvgIpc) is 2.37. The third-order valence-corrected chi connectivity index (χ3v) is 3.24. The zero-order valence-electron chi connectivity index (χ0n) is 11.2. The van der Waals surface area contributed by atoms with Crippen LogP contribution < -0.4 is 10.6 Å². The summed E-state index contributed by atoms with van der Waals surface area (Å²) in [6.45, 7) is 1.79. The number of amides is 2. The SMILES string of the molecule is Cc1cc(Br)c(NC(=O)NCCCC(=O)O)cc1[N+](=O)[O-]. The third-order valence-electron chi connectivity index (χ3n) is 2.58. The first-order valence-corrected chi connectivity index (χ1v) is 6.81. The summed E-state index contributed by atoms with van der Waals surface area (Å²) in [4.78, 5) is 32.3. The Kier molecular flexibility index (Phi) is 6.10. The normalized spacial score (nSPS) is 10.0. The maximum Gasteiger partial charge on any atom is 0.319 e. The average molecular weight is 360 g/mol. The topological polar surface area (TPSA) is 122 Å². The van der Waals surface area contributed by atoms with Crippen molar-refractivity contribution in [3.63, 3.8) is 0 Å². The van der Waals surface area contributed by atoms with Gasteiger partial charge in [0.25, 0.3) is 5.69 Å². The van der Waals surface area contributed by atoms with Crippen LogP contribution in [0, 0.1) is 17.0 Å². The monoisotopic (exact) mass is 359 g/mol. The summed E-state index contributed by atoms with van der Waals surface area (Å²) in [5.74, 6) is -0.936. The van der Waals surface area contributed by atoms with Gasteiger partial charge in [0.05, 0.1) is 10.6 Å². The number of urea groups is 1. The van der Waals surface area contributed by atoms with Gasteiger partial charge in [-0.2, -0.15) is 0 Å². The summed E-state index contributed by atoms with van der Waals surface area (Å²) in [5.41, 5.74) is 0.640. The second-order valence-electron chi connectivity index (χ2n) is 4.25. The van der Waals surface area contributed by atoms with Gasteiger partial charge in [-0.1, -0.05) is 0 Å². The van der Waals surface area contributed by atoms with Crippen molar-refractivity contribution in [1.29, 1.82) is 0 Å². The van der Waals surface area contributed by atoms with Crippen molar-refractivity contribution < 1.29 is 19.6 Å². The highest BCUT2D eigenvalue weighted by atomic mass is 79.9. The van der Waals surface area contributed by atoms with E-state index in [1.165, 1.54) is 12.1 Å². The van der Waals surface area contributed by atoms with Gasteiger partial charge in [0.1, 0.15) is 0 Å². The number of aryl methyl sites for hydroxylation is 1. The van der Waals surface area contributed by atoms with E-state index in [0.717, 1.165) is 0 Å². The molecule has 0 aliphatic rings. The van der Waals surface area contributed by atoms with Crippen molar-refractivity contribution in [2.24, 2.45) is 0 Å². The highest BCUT2D eigenvalue weighted by Gasteiger charge is 2.15. The molecular weight excluding hydrogens is 346 g/mol. The maximum absolute atomic E-state index is 11.6. The summed E-state index contributed by atoms with van der Waals surface area (Å²) in [7, 11) is 0. The third kappa shape index (κ3) is 5.38. The van der Waals surface area contributed by atoms with Crippen molar-refractivity contribution in [3.05, 3.63) is 32.3 Å². The second-order valence-corrected chi connectivity index (χ2v) is 5.11. The van der Waals surface area contributed by atoms with Crippen molar-refractivity contribution >= 4 is 39.3 Å². The number of hydrogen-bond donors (Lipinski definition) is 3. The van der Waals surface area contributed by atoms with Crippen molar-refractivity contribution in [1.82, 2.24) is 5.32 Å². The lowest BCUT2D eigenvalue weighted by Gasteiger charge is -2.09. The molecule has 0 unspecified atom stereocenters. The van der Waals surface area contributed by atoms with Crippen LogP contribution in [0.25, 0.3) is 0 Å². The number of aliphatic carboxylic acids is 1. The molecule has 2 amide bonds. The first kappa shape index (κ1) is 16.9. The molecule has 1 aromatic rings. The number of carbonyl (C=O) groups excluding carboxylic acids is 1. The summed E-state index contributed by atoms with van der Waals surface area (Å²) < 4.78 is 0.520. The number of halogens is 1. The van der Waals surface area contributed by atoms with Crippen molar-refractivity contribution in [2.75, 3.05) is 11.9 Å². The van der Waals surface area contributed by atoms with Gasteiger partial charge in [-0.15, -0.1) is 0 Å². The molecule has 0 spiro atoms. The predicted molar refractivity (Wildman–Crippen MR) is 79.4 cm³/mol. The van der Waals surface area contributed by atoms with Crippen LogP contribution in [-0.2, 0) is 4.79 Å². The molecule has 3 N–H and O–H groups in total. The number of nitrogens with one attached hydrogen (secondary N) is 2. The summed E-state index contributed by atoms with van der Waals surface area (Å²) in [6, 6.07) is 2.24. The van der Waals surface area contributed by atoms with E-state index in [1.807, 2.05) is 0 Å². The van der Waals surface area contributed by atoms with Gasteiger partial charge in [-0.3, -0.25) is 14.9 Å². The van der Waals surface area contributed by atoms with Gasteiger partial charge >= 0.3 is 12.0 Å². The minimum absolute atomic E-state index is 0.0417. The molecule has 0 heterocycles. The molecule has 0 aliphatic carbocycles. The minimum atomic E-state index is -0.936. The molecule has 0 aliphatic heterocycles. The molecule has 9 heteroatoms. The van der Waals surface area contributed by atoms with Crippen LogP contribution in [-0.4, -0.2) is 28.6 Å². The Bertz CT molecular complexity index is 576. The Balaban J connectivity index is 2.65. The smallest absolute Gasteiger partial charge is 0.319 e. The van der Waals surface area contributed by atoms with Crippen LogP contribution >= 0.6 is 15.9 Å². The number of nitrogens with zero attached hydrogens (tertiary/aromatic N) is 1. The highest BCUT2D eigenvalue weighted by molar-refractivity contribution is 9.10. The highest BCUT2D eigenvalue weighted by Crippen LogP contribution is 2.30. The quantitative estimate of drug-likeness (QED) is 0.409. The fourth-order valence-electron chi connectivity index (χ4n) is 1.56. The molecule has 114 valence electrons. The van der Waals surface area contributed by atoms with E-state index in [-0.39, 0.29) is 24.3 Å². The molecule has 21 heavy (non-hydrogen) atoms. The van der Waals surface area contributed by atoms with Gasteiger partial charge in [0, 0.05) is 29.1 Å². The number of carbonyl (C=O) groups is 2. The zero-order chi connectivity index (χ0) is 16.0. The van der Waals surface area contributed by atoms with E-state index in [4.69, 9.17) is 5.11 Å². The molecule has 0 saturated heterocycles. The molecule has 0 bridgehead atoms. The largest absolute Gasteiger partial charge is 0.481 e. The summed E-state index contributed by atoms with van der Waals surface area (Å²) in [5, 5.41) is 24.3. The minimum Gasteiger partial charge on any atom is -0.481 e. The Labute approximate surface area is 128 Å². The Morgan fingerprint density at radius 2 is 2.10 bits per heavy atom. The fourth-order valence-corrected chi connectivity index (χ4v) is 2.12. The predicted octanol–water partition coefficient (Wildman–Crippen LogP) is 2.65. The van der Waals surface area contributed by atoms with Crippen LogP contribution in [0.5, 0.6) is 0 Å². The molecule has 0 radical (unpaired) electrons. The van der Waals surface area contributed by atoms with E-state index in [1.54, 1.807) is 6.92 Å². The molecule has 0 atom stereocenters. The van der Waals surface area contributed by atoms with Gasteiger partial charge in [-0.25, -0.2) is 4.79 Å². The molecule has 0 aromatic heterocycles. The number of nitro benzene ring substituents is 1. The number of rotatable bonds is 6. The number of carboxylic acids is 1. The molecule has 0 fully saturated rings. The van der Waals surface area contributed by atoms with E-state index in [0.29, 0.717) is 16.5 Å². The molecule has 1 rings (SSSR count). The Morgan fingerprint density at radius 1 is 1.43 bits per heavy atom. The lowest BCUT2D eigenvalue weighted by Crippen LogP contribution is -2.30. The Hall–Kier alpha value is -2.16. The fraction of sp³-hybridized carbons (Fsp3) is 0.333. The number of carboxylic acid groups (broad SMARTS) is 1. The van der Waals surface area contributed by atoms with Gasteiger partial charge in [0.15, 0.2) is 0 Å². The van der Waals surface area contributed by atoms with E-state index in [9.17, 15) is 19.7 Å². The van der Waals surface area contributed by atoms with Crippen LogP contribution in [0.3, 0.4) is 0 Å². The standard InChI is InChI=1S/C12H14BrN3O5/c1-7-5-8(13)9(6-10(7)16(20)21)15-12(19)14-4-2-3-11(17)18/h5-6H,2-4H2,1H3,(H,17,18)(H2,14,15,19). The van der Waals surface area contributed by atoms with Crippen LogP contribution in [0.4, 0.5) is 16.2 Å². The molecular formula is C12H14BrN3O5. The van der Waals surface area contributed by atoms with Gasteiger partial charge in [-0.05, 0) is 35.3 Å². The van der Waals surface area contributed by atoms with Gasteiger partial charge in [0.2, 0.25) is 0 Å². The number of hydrogen-bond acceptors (Lipinski definition) is 4. The summed E-state index contributed by atoms with van der Waals surface area (Å²) in [6.07, 6.45) is 0.262. The molecule has 1 aromatic carbocycles. The van der Waals surface area contributed by atoms with Crippen LogP contribution in [0.15, 0.2) is 16.6 Å². The van der Waals surface area contributed by atoms with E-state index in [2.05, 4.69) is 26.6 Å². The number of anilines is 1. The first-order valence-electron chi connectivity index (χ1n) is 6.02. The number of benzene rings is 1. The zero-order valence-corrected chi connectivity index (χ0v) is 12.8. The lowest BCUT2D eigenvalue weighted by atomic mass is 10.2. The van der Waals surface area contributed by atoms with Crippen LogP contribution in [0.1, 0.15) is 18.4 Å². The van der Waals surface area contributed by atoms with E-state index < -0.39 is 16.9 Å². The second kappa shape index (κ2) is 7.58. The van der Waals surface area contributed by atoms with Crippen molar-refractivity contribution in [2.45, 2.75) is 19.8 Å². The Morgan fingerprint density at radius 3 is 2.67 bits per heavy atom. The van der Waals surface area contributed by atoms with E-state index >= 15 is 0 Å².